The first-order valence-corrected chi connectivity index (χ1v) is 11.9. The van der Waals surface area contributed by atoms with Crippen LogP contribution in [0, 0.1) is 41.5 Å². The van der Waals surface area contributed by atoms with E-state index in [2.05, 4.69) is 5.10 Å². The molecule has 0 unspecified atom stereocenters. The van der Waals surface area contributed by atoms with Gasteiger partial charge in [0.2, 0.25) is 15.9 Å². The lowest BCUT2D eigenvalue weighted by atomic mass is 10.0. The van der Waals surface area contributed by atoms with Gasteiger partial charge in [0, 0.05) is 50.6 Å². The monoisotopic (exact) mass is 444 g/mol. The van der Waals surface area contributed by atoms with Crippen molar-refractivity contribution in [1.82, 2.24) is 19.0 Å². The summed E-state index contributed by atoms with van der Waals surface area (Å²) in [5.41, 5.74) is 6.36. The molecule has 2 heterocycles. The molecule has 0 radical (unpaired) electrons. The highest BCUT2D eigenvalue weighted by atomic mass is 32.2. The van der Waals surface area contributed by atoms with Gasteiger partial charge in [0.15, 0.2) is 0 Å². The van der Waals surface area contributed by atoms with Crippen LogP contribution in [0.4, 0.5) is 0 Å². The highest BCUT2D eigenvalue weighted by molar-refractivity contribution is 7.89. The van der Waals surface area contributed by atoms with Crippen molar-refractivity contribution in [3.8, 4) is 0 Å². The zero-order valence-electron chi connectivity index (χ0n) is 19.5. The molecule has 1 aromatic heterocycles. The summed E-state index contributed by atoms with van der Waals surface area (Å²) < 4.78 is 30.1. The molecule has 8 heteroatoms. The van der Waals surface area contributed by atoms with E-state index < -0.39 is 10.0 Å². The number of carbonyl (C=O) groups is 1. The Morgan fingerprint density at radius 1 is 0.968 bits per heavy atom. The normalized spacial score (nSPS) is 15.8. The molecule has 2 aromatic rings. The number of carbonyl (C=O) groups excluding carboxylic acids is 1. The first kappa shape index (κ1) is 23.2. The number of aromatic nitrogens is 2. The van der Waals surface area contributed by atoms with E-state index in [4.69, 9.17) is 0 Å². The first-order chi connectivity index (χ1) is 14.4. The number of nitrogens with zero attached hydrogens (tertiary/aromatic N) is 4. The topological polar surface area (TPSA) is 75.5 Å². The third-order valence-electron chi connectivity index (χ3n) is 6.40. The van der Waals surface area contributed by atoms with Crippen LogP contribution in [0.3, 0.4) is 0 Å². The van der Waals surface area contributed by atoms with Crippen LogP contribution in [-0.2, 0) is 21.9 Å². The van der Waals surface area contributed by atoms with Crippen LogP contribution in [0.25, 0.3) is 6.08 Å². The Hall–Kier alpha value is -2.45. The minimum atomic E-state index is -3.61. The van der Waals surface area contributed by atoms with Gasteiger partial charge < -0.3 is 4.90 Å². The number of hydrogen-bond donors (Lipinski definition) is 0. The third kappa shape index (κ3) is 4.32. The van der Waals surface area contributed by atoms with Crippen molar-refractivity contribution in [2.24, 2.45) is 7.05 Å². The molecule has 3 rings (SSSR count). The van der Waals surface area contributed by atoms with E-state index in [0.717, 1.165) is 39.2 Å². The first-order valence-electron chi connectivity index (χ1n) is 10.5. The number of benzene rings is 1. The molecule has 1 aliphatic rings. The van der Waals surface area contributed by atoms with Gasteiger partial charge in [0.05, 0.1) is 10.6 Å². The summed E-state index contributed by atoms with van der Waals surface area (Å²) in [6.45, 7) is 12.8. The molecule has 1 fully saturated rings. The lowest BCUT2D eigenvalue weighted by Crippen LogP contribution is -2.50. The maximum absolute atomic E-state index is 13.4. The maximum atomic E-state index is 13.4. The standard InChI is InChI=1S/C23H32N4O3S/c1-15-14-16(2)18(4)23(17(15)3)31(29,30)27-12-10-26(11-13-27)22(28)9-8-21-19(5)24-25(7)20(21)6/h8-9,14H,10-13H2,1-7H3. The largest absolute Gasteiger partial charge is 0.337 e. The number of piperazine rings is 1. The van der Waals surface area contributed by atoms with Gasteiger partial charge in [-0.25, -0.2) is 8.42 Å². The van der Waals surface area contributed by atoms with Crippen molar-refractivity contribution in [3.05, 3.63) is 51.3 Å². The Morgan fingerprint density at radius 3 is 2.00 bits per heavy atom. The van der Waals surface area contributed by atoms with Crippen molar-refractivity contribution in [3.63, 3.8) is 0 Å². The molecule has 0 N–H and O–H groups in total. The Bertz CT molecular complexity index is 1130. The maximum Gasteiger partial charge on any atom is 0.246 e. The fourth-order valence-electron chi connectivity index (χ4n) is 4.14. The highest BCUT2D eigenvalue weighted by Crippen LogP contribution is 2.29. The zero-order chi connectivity index (χ0) is 23.1. The predicted molar refractivity (Wildman–Crippen MR) is 122 cm³/mol. The van der Waals surface area contributed by atoms with E-state index in [0.29, 0.717) is 31.1 Å². The third-order valence-corrected chi connectivity index (χ3v) is 8.58. The fourth-order valence-corrected chi connectivity index (χ4v) is 6.13. The Balaban J connectivity index is 1.73. The van der Waals surface area contributed by atoms with Gasteiger partial charge >= 0.3 is 0 Å². The molecule has 1 amide bonds. The van der Waals surface area contributed by atoms with Gasteiger partial charge in [-0.15, -0.1) is 0 Å². The second-order valence-corrected chi connectivity index (χ2v) is 10.2. The molecule has 0 bridgehead atoms. The van der Waals surface area contributed by atoms with Crippen molar-refractivity contribution in [1.29, 1.82) is 0 Å². The predicted octanol–water partition coefficient (Wildman–Crippen LogP) is 2.82. The van der Waals surface area contributed by atoms with Gasteiger partial charge in [0.25, 0.3) is 0 Å². The van der Waals surface area contributed by atoms with Crippen molar-refractivity contribution < 1.29 is 13.2 Å². The smallest absolute Gasteiger partial charge is 0.246 e. The Morgan fingerprint density at radius 2 is 1.52 bits per heavy atom. The van der Waals surface area contributed by atoms with Crippen LogP contribution in [0.15, 0.2) is 17.0 Å². The molecule has 0 saturated carbocycles. The molecule has 7 nitrogen and oxygen atoms in total. The molecule has 0 aliphatic carbocycles. The SMILES string of the molecule is Cc1cc(C)c(C)c(S(=O)(=O)N2CCN(C(=O)C=Cc3c(C)nn(C)c3C)CC2)c1C. The van der Waals surface area contributed by atoms with E-state index in [-0.39, 0.29) is 5.91 Å². The number of hydrogen-bond acceptors (Lipinski definition) is 4. The molecule has 0 spiro atoms. The molecule has 1 aliphatic heterocycles. The minimum absolute atomic E-state index is 0.113. The Labute approximate surface area is 185 Å². The average molecular weight is 445 g/mol. The fraction of sp³-hybridized carbons (Fsp3) is 0.478. The summed E-state index contributed by atoms with van der Waals surface area (Å²) in [4.78, 5) is 14.8. The van der Waals surface area contributed by atoms with Gasteiger partial charge in [-0.1, -0.05) is 6.07 Å². The molecule has 31 heavy (non-hydrogen) atoms. The summed E-state index contributed by atoms with van der Waals surface area (Å²) in [5, 5.41) is 4.36. The van der Waals surface area contributed by atoms with Crippen LogP contribution >= 0.6 is 0 Å². The molecule has 1 saturated heterocycles. The molecular formula is C23H32N4O3S. The highest BCUT2D eigenvalue weighted by Gasteiger charge is 2.32. The minimum Gasteiger partial charge on any atom is -0.337 e. The summed E-state index contributed by atoms with van der Waals surface area (Å²) in [7, 11) is -1.74. The van der Waals surface area contributed by atoms with E-state index in [1.807, 2.05) is 54.7 Å². The van der Waals surface area contributed by atoms with E-state index in [1.165, 1.54) is 4.31 Å². The lowest BCUT2D eigenvalue weighted by molar-refractivity contribution is -0.127. The molecular weight excluding hydrogens is 412 g/mol. The number of rotatable bonds is 4. The van der Waals surface area contributed by atoms with Gasteiger partial charge in [-0.3, -0.25) is 9.48 Å². The number of amides is 1. The number of sulfonamides is 1. The van der Waals surface area contributed by atoms with Crippen LogP contribution in [0.2, 0.25) is 0 Å². The quantitative estimate of drug-likeness (QED) is 0.680. The van der Waals surface area contributed by atoms with E-state index >= 15 is 0 Å². The summed E-state index contributed by atoms with van der Waals surface area (Å²) in [5.74, 6) is -0.113. The van der Waals surface area contributed by atoms with Crippen molar-refractivity contribution in [2.75, 3.05) is 26.2 Å². The van der Waals surface area contributed by atoms with Crippen LogP contribution in [-0.4, -0.2) is 59.5 Å². The molecule has 1 aromatic carbocycles. The molecule has 0 atom stereocenters. The van der Waals surface area contributed by atoms with Crippen LogP contribution in [0.5, 0.6) is 0 Å². The lowest BCUT2D eigenvalue weighted by Gasteiger charge is -2.34. The second kappa shape index (κ2) is 8.59. The zero-order valence-corrected chi connectivity index (χ0v) is 20.3. The average Bonchev–Trinajstić information content (AvgIpc) is 2.96. The van der Waals surface area contributed by atoms with Crippen LogP contribution < -0.4 is 0 Å². The summed E-state index contributed by atoms with van der Waals surface area (Å²) >= 11 is 0. The van der Waals surface area contributed by atoms with Gasteiger partial charge in [-0.05, 0) is 69.9 Å². The Kier molecular flexibility index (Phi) is 6.43. The van der Waals surface area contributed by atoms with Gasteiger partial charge in [0.1, 0.15) is 0 Å². The second-order valence-electron chi connectivity index (χ2n) is 8.36. The van der Waals surface area contributed by atoms with E-state index in [9.17, 15) is 13.2 Å². The van der Waals surface area contributed by atoms with Crippen LogP contribution in [0.1, 0.15) is 39.2 Å². The van der Waals surface area contributed by atoms with Crippen molar-refractivity contribution >= 4 is 22.0 Å². The van der Waals surface area contributed by atoms with Crippen molar-refractivity contribution in [2.45, 2.75) is 46.4 Å². The summed E-state index contributed by atoms with van der Waals surface area (Å²) in [6.07, 6.45) is 3.35. The van der Waals surface area contributed by atoms with E-state index in [1.54, 1.807) is 21.7 Å². The number of aryl methyl sites for hydroxylation is 4. The molecule has 168 valence electrons. The van der Waals surface area contributed by atoms with Gasteiger partial charge in [-0.2, -0.15) is 9.40 Å². The summed E-state index contributed by atoms with van der Waals surface area (Å²) in [6, 6.07) is 2.03.